The molecule has 0 radical (unpaired) electrons. The number of Topliss-reactive ketones (excluding diaryl/α,β-unsaturated/α-hetero) is 2. The van der Waals surface area contributed by atoms with Crippen LogP contribution in [-0.2, 0) is 4.74 Å². The minimum atomic E-state index is -0.192. The molecular formula is C15H12O3. The van der Waals surface area contributed by atoms with Gasteiger partial charge < -0.3 is 4.74 Å². The normalized spacial score (nSPS) is 21.5. The summed E-state index contributed by atoms with van der Waals surface area (Å²) in [7, 11) is 0. The van der Waals surface area contributed by atoms with Gasteiger partial charge in [-0.1, -0.05) is 31.2 Å². The summed E-state index contributed by atoms with van der Waals surface area (Å²) in [5, 5.41) is 0. The Hall–Kier alpha value is -2.16. The fourth-order valence-electron chi connectivity index (χ4n) is 2.25. The summed E-state index contributed by atoms with van der Waals surface area (Å²) in [6, 6.07) is 6.87. The van der Waals surface area contributed by atoms with Crippen LogP contribution in [0.3, 0.4) is 0 Å². The molecule has 3 heteroatoms. The molecule has 1 unspecified atom stereocenters. The molecule has 1 heterocycles. The van der Waals surface area contributed by atoms with Crippen molar-refractivity contribution in [2.75, 3.05) is 0 Å². The minimum absolute atomic E-state index is 0.120. The Morgan fingerprint density at radius 3 is 2.44 bits per heavy atom. The van der Waals surface area contributed by atoms with Crippen molar-refractivity contribution in [2.24, 2.45) is 0 Å². The van der Waals surface area contributed by atoms with E-state index in [4.69, 9.17) is 4.74 Å². The van der Waals surface area contributed by atoms with Gasteiger partial charge in [0.25, 0.3) is 0 Å². The van der Waals surface area contributed by atoms with Crippen molar-refractivity contribution >= 4 is 11.6 Å². The number of hydrogen-bond acceptors (Lipinski definition) is 3. The molecule has 1 atom stereocenters. The highest BCUT2D eigenvalue weighted by molar-refractivity contribution is 6.27. The lowest BCUT2D eigenvalue weighted by Gasteiger charge is -2.25. The third kappa shape index (κ3) is 1.44. The van der Waals surface area contributed by atoms with Crippen LogP contribution in [-0.4, -0.2) is 17.7 Å². The van der Waals surface area contributed by atoms with Gasteiger partial charge in [-0.3, -0.25) is 9.59 Å². The highest BCUT2D eigenvalue weighted by Gasteiger charge is 2.34. The first-order valence-electron chi connectivity index (χ1n) is 6.00. The minimum Gasteiger partial charge on any atom is -0.481 e. The molecule has 0 aromatic heterocycles. The van der Waals surface area contributed by atoms with Crippen LogP contribution in [0.2, 0.25) is 0 Å². The van der Waals surface area contributed by atoms with E-state index in [1.165, 1.54) is 0 Å². The molecule has 0 amide bonds. The molecule has 1 aliphatic carbocycles. The zero-order valence-corrected chi connectivity index (χ0v) is 9.97. The van der Waals surface area contributed by atoms with Crippen LogP contribution >= 0.6 is 0 Å². The third-order valence-corrected chi connectivity index (χ3v) is 3.26. The number of benzene rings is 1. The average molecular weight is 240 g/mol. The summed E-state index contributed by atoms with van der Waals surface area (Å²) in [5.74, 6) is -0.123. The van der Waals surface area contributed by atoms with E-state index in [1.54, 1.807) is 30.3 Å². The number of ketones is 2. The Morgan fingerprint density at radius 2 is 1.78 bits per heavy atom. The van der Waals surface area contributed by atoms with E-state index >= 15 is 0 Å². The van der Waals surface area contributed by atoms with Gasteiger partial charge in [0, 0.05) is 11.1 Å². The van der Waals surface area contributed by atoms with Gasteiger partial charge in [0.05, 0.1) is 5.57 Å². The van der Waals surface area contributed by atoms with Gasteiger partial charge >= 0.3 is 0 Å². The van der Waals surface area contributed by atoms with Gasteiger partial charge in [0.1, 0.15) is 6.10 Å². The molecule has 0 fully saturated rings. The predicted molar refractivity (Wildman–Crippen MR) is 66.4 cm³/mol. The summed E-state index contributed by atoms with van der Waals surface area (Å²) in [6.45, 7) is 1.98. The first kappa shape index (κ1) is 11.0. The van der Waals surface area contributed by atoms with E-state index in [0.717, 1.165) is 6.42 Å². The maximum atomic E-state index is 12.3. The van der Waals surface area contributed by atoms with Crippen LogP contribution in [0.1, 0.15) is 34.1 Å². The zero-order valence-electron chi connectivity index (χ0n) is 9.97. The van der Waals surface area contributed by atoms with Crippen LogP contribution in [0.5, 0.6) is 0 Å². The fourth-order valence-corrected chi connectivity index (χ4v) is 2.25. The molecule has 3 rings (SSSR count). The summed E-state index contributed by atoms with van der Waals surface area (Å²) >= 11 is 0. The Balaban J connectivity index is 2.13. The Kier molecular flexibility index (Phi) is 2.40. The van der Waals surface area contributed by atoms with Crippen molar-refractivity contribution in [1.82, 2.24) is 0 Å². The van der Waals surface area contributed by atoms with Gasteiger partial charge in [0.15, 0.2) is 11.5 Å². The van der Waals surface area contributed by atoms with E-state index in [0.29, 0.717) is 16.7 Å². The van der Waals surface area contributed by atoms with Gasteiger partial charge in [-0.05, 0) is 18.6 Å². The SMILES string of the molecule is CCC1C=CC2=C(O1)C(=O)c1ccccc1C2=O. The number of allylic oxidation sites excluding steroid dienone is 3. The zero-order chi connectivity index (χ0) is 12.7. The molecule has 90 valence electrons. The highest BCUT2D eigenvalue weighted by atomic mass is 16.5. The standard InChI is InChI=1S/C15H12O3/c1-2-9-7-8-12-13(16)10-5-3-4-6-11(10)14(17)15(12)18-9/h3-9H,2H2,1H3. The molecule has 1 aromatic rings. The molecule has 2 aliphatic rings. The van der Waals surface area contributed by atoms with E-state index in [2.05, 4.69) is 0 Å². The van der Waals surface area contributed by atoms with E-state index in [-0.39, 0.29) is 23.4 Å². The number of carbonyl (C=O) groups excluding carboxylic acids is 2. The number of hydrogen-bond donors (Lipinski definition) is 0. The molecule has 0 saturated carbocycles. The van der Waals surface area contributed by atoms with Crippen molar-refractivity contribution in [1.29, 1.82) is 0 Å². The van der Waals surface area contributed by atoms with Crippen LogP contribution in [0.25, 0.3) is 0 Å². The number of fused-ring (bicyclic) bond motifs is 1. The molecule has 0 N–H and O–H groups in total. The molecule has 1 aliphatic heterocycles. The first-order valence-corrected chi connectivity index (χ1v) is 6.00. The summed E-state index contributed by atoms with van der Waals surface area (Å²) in [6.07, 6.45) is 4.20. The van der Waals surface area contributed by atoms with Crippen LogP contribution < -0.4 is 0 Å². The number of rotatable bonds is 1. The van der Waals surface area contributed by atoms with Crippen LogP contribution in [0.15, 0.2) is 47.7 Å². The van der Waals surface area contributed by atoms with Crippen molar-refractivity contribution in [3.05, 3.63) is 58.9 Å². The van der Waals surface area contributed by atoms with Gasteiger partial charge in [-0.15, -0.1) is 0 Å². The second-order valence-electron chi connectivity index (χ2n) is 4.37. The Morgan fingerprint density at radius 1 is 1.11 bits per heavy atom. The van der Waals surface area contributed by atoms with Crippen molar-refractivity contribution in [3.63, 3.8) is 0 Å². The second kappa shape index (κ2) is 3.95. The van der Waals surface area contributed by atoms with E-state index in [1.807, 2.05) is 13.0 Å². The quantitative estimate of drug-likeness (QED) is 0.758. The lowest BCUT2D eigenvalue weighted by Crippen LogP contribution is -2.27. The second-order valence-corrected chi connectivity index (χ2v) is 4.37. The molecular weight excluding hydrogens is 228 g/mol. The summed E-state index contributed by atoms with van der Waals surface area (Å²) in [5.41, 5.74) is 1.28. The highest BCUT2D eigenvalue weighted by Crippen LogP contribution is 2.31. The van der Waals surface area contributed by atoms with Crippen molar-refractivity contribution < 1.29 is 14.3 Å². The third-order valence-electron chi connectivity index (χ3n) is 3.26. The molecule has 0 spiro atoms. The van der Waals surface area contributed by atoms with Crippen LogP contribution in [0, 0.1) is 0 Å². The summed E-state index contributed by atoms with van der Waals surface area (Å²) in [4.78, 5) is 24.5. The smallest absolute Gasteiger partial charge is 0.229 e. The number of carbonyl (C=O) groups is 2. The predicted octanol–water partition coefficient (Wildman–Crippen LogP) is 2.68. The van der Waals surface area contributed by atoms with Crippen LogP contribution in [0.4, 0.5) is 0 Å². The molecule has 1 aromatic carbocycles. The lowest BCUT2D eigenvalue weighted by atomic mass is 9.87. The number of ether oxygens (including phenoxy) is 1. The topological polar surface area (TPSA) is 43.4 Å². The maximum absolute atomic E-state index is 12.3. The van der Waals surface area contributed by atoms with E-state index < -0.39 is 0 Å². The Bertz CT molecular complexity index is 608. The maximum Gasteiger partial charge on any atom is 0.229 e. The van der Waals surface area contributed by atoms with Crippen molar-refractivity contribution in [3.8, 4) is 0 Å². The largest absolute Gasteiger partial charge is 0.481 e. The van der Waals surface area contributed by atoms with Gasteiger partial charge in [-0.2, -0.15) is 0 Å². The molecule has 18 heavy (non-hydrogen) atoms. The molecule has 0 saturated heterocycles. The molecule has 0 bridgehead atoms. The van der Waals surface area contributed by atoms with E-state index in [9.17, 15) is 9.59 Å². The Labute approximate surface area is 105 Å². The summed E-state index contributed by atoms with van der Waals surface area (Å²) < 4.78 is 5.60. The average Bonchev–Trinajstić information content (AvgIpc) is 2.44. The monoisotopic (exact) mass is 240 g/mol. The van der Waals surface area contributed by atoms with Gasteiger partial charge in [-0.25, -0.2) is 0 Å². The van der Waals surface area contributed by atoms with Gasteiger partial charge in [0.2, 0.25) is 5.78 Å². The lowest BCUT2D eigenvalue weighted by molar-refractivity contribution is 0.0796. The fraction of sp³-hybridized carbons (Fsp3) is 0.200. The molecule has 3 nitrogen and oxygen atoms in total. The first-order chi connectivity index (χ1) is 8.72. The van der Waals surface area contributed by atoms with Crippen molar-refractivity contribution in [2.45, 2.75) is 19.4 Å².